The highest BCUT2D eigenvalue weighted by atomic mass is 79.9. The summed E-state index contributed by atoms with van der Waals surface area (Å²) in [6.07, 6.45) is 0. The van der Waals surface area contributed by atoms with Gasteiger partial charge in [0.2, 0.25) is 0 Å². The molecule has 0 aliphatic heterocycles. The zero-order valence-electron chi connectivity index (χ0n) is 10.1. The van der Waals surface area contributed by atoms with Crippen LogP contribution in [0.5, 0.6) is 5.75 Å². The molecule has 0 heterocycles. The monoisotopic (exact) mass is 339 g/mol. The molecule has 0 aliphatic carbocycles. The number of phenols is 1. The van der Waals surface area contributed by atoms with Crippen molar-refractivity contribution >= 4 is 39.1 Å². The Morgan fingerprint density at radius 2 is 2.05 bits per heavy atom. The third-order valence-corrected chi connectivity index (χ3v) is 3.94. The number of rotatable bonds is 2. The number of aromatic hydroxyl groups is 1. The third kappa shape index (κ3) is 3.08. The fourth-order valence-corrected chi connectivity index (χ4v) is 2.14. The molecule has 0 saturated heterocycles. The molecule has 2 N–H and O–H groups in total. The van der Waals surface area contributed by atoms with Crippen molar-refractivity contribution in [1.29, 1.82) is 0 Å². The maximum Gasteiger partial charge on any atom is 0.256 e. The molecule has 2 aromatic carbocycles. The summed E-state index contributed by atoms with van der Waals surface area (Å²) in [7, 11) is 0. The van der Waals surface area contributed by atoms with Crippen LogP contribution in [-0.4, -0.2) is 11.0 Å². The van der Waals surface area contributed by atoms with Crippen molar-refractivity contribution in [2.24, 2.45) is 0 Å². The molecule has 0 bridgehead atoms. The Labute approximate surface area is 124 Å². The smallest absolute Gasteiger partial charge is 0.256 e. The summed E-state index contributed by atoms with van der Waals surface area (Å²) in [4.78, 5) is 12.1. The van der Waals surface area contributed by atoms with E-state index >= 15 is 0 Å². The van der Waals surface area contributed by atoms with E-state index < -0.39 is 0 Å². The average Bonchev–Trinajstić information content (AvgIpc) is 2.37. The maximum absolute atomic E-state index is 12.1. The largest absolute Gasteiger partial charge is 0.508 e. The van der Waals surface area contributed by atoms with Crippen molar-refractivity contribution < 1.29 is 9.90 Å². The van der Waals surface area contributed by atoms with Crippen LogP contribution in [0.15, 0.2) is 40.9 Å². The molecule has 0 unspecified atom stereocenters. The molecular weight excluding hydrogens is 330 g/mol. The van der Waals surface area contributed by atoms with Crippen molar-refractivity contribution in [2.45, 2.75) is 6.92 Å². The maximum atomic E-state index is 12.1. The second kappa shape index (κ2) is 5.63. The normalized spacial score (nSPS) is 10.3. The zero-order valence-corrected chi connectivity index (χ0v) is 12.4. The molecule has 0 saturated carbocycles. The Hall–Kier alpha value is -1.52. The number of halogens is 2. The molecule has 2 aromatic rings. The Bertz CT molecular complexity index is 643. The minimum absolute atomic E-state index is 0.102. The predicted octanol–water partition coefficient (Wildman–Crippen LogP) is 4.37. The molecule has 0 radical (unpaired) electrons. The Balaban J connectivity index is 2.26. The fourth-order valence-electron chi connectivity index (χ4n) is 1.64. The number of carbonyl (C=O) groups is 1. The number of phenolic OH excluding ortho intramolecular Hbond substituents is 1. The molecule has 3 nitrogen and oxygen atoms in total. The van der Waals surface area contributed by atoms with Gasteiger partial charge in [0.05, 0.1) is 5.02 Å². The number of nitrogens with one attached hydrogen (secondary N) is 1. The van der Waals surface area contributed by atoms with Gasteiger partial charge in [0.1, 0.15) is 5.75 Å². The summed E-state index contributed by atoms with van der Waals surface area (Å²) in [5.41, 5.74) is 1.61. The van der Waals surface area contributed by atoms with Crippen LogP contribution in [0.2, 0.25) is 5.02 Å². The standard InChI is InChI=1S/C14H11BrClNO2/c1-8-10(3-2-4-13(8)18)14(19)17-9-5-6-12(16)11(15)7-9/h2-7,18H,1H3,(H,17,19). The predicted molar refractivity (Wildman–Crippen MR) is 79.9 cm³/mol. The van der Waals surface area contributed by atoms with Gasteiger partial charge in [-0.3, -0.25) is 4.79 Å². The van der Waals surface area contributed by atoms with E-state index in [1.165, 1.54) is 0 Å². The van der Waals surface area contributed by atoms with Crippen LogP contribution in [0, 0.1) is 6.92 Å². The lowest BCUT2D eigenvalue weighted by molar-refractivity contribution is 0.102. The number of benzene rings is 2. The first-order valence-electron chi connectivity index (χ1n) is 5.54. The molecule has 5 heteroatoms. The van der Waals surface area contributed by atoms with E-state index in [0.717, 1.165) is 0 Å². The molecular formula is C14H11BrClNO2. The zero-order chi connectivity index (χ0) is 14.0. The summed E-state index contributed by atoms with van der Waals surface area (Å²) >= 11 is 9.18. The highest BCUT2D eigenvalue weighted by Crippen LogP contribution is 2.26. The summed E-state index contributed by atoms with van der Waals surface area (Å²) < 4.78 is 0.708. The van der Waals surface area contributed by atoms with Crippen LogP contribution >= 0.6 is 27.5 Å². The number of hydrogen-bond acceptors (Lipinski definition) is 2. The molecule has 2 rings (SSSR count). The van der Waals surface area contributed by atoms with Crippen molar-refractivity contribution in [3.05, 3.63) is 57.0 Å². The van der Waals surface area contributed by atoms with E-state index in [1.807, 2.05) is 0 Å². The lowest BCUT2D eigenvalue weighted by Crippen LogP contribution is -2.13. The summed E-state index contributed by atoms with van der Waals surface area (Å²) in [5, 5.41) is 12.9. The minimum Gasteiger partial charge on any atom is -0.508 e. The topological polar surface area (TPSA) is 49.3 Å². The summed E-state index contributed by atoms with van der Waals surface area (Å²) in [5.74, 6) is -0.174. The number of hydrogen-bond donors (Lipinski definition) is 2. The van der Waals surface area contributed by atoms with Crippen molar-refractivity contribution in [3.8, 4) is 5.75 Å². The highest BCUT2D eigenvalue weighted by Gasteiger charge is 2.12. The van der Waals surface area contributed by atoms with E-state index in [1.54, 1.807) is 43.3 Å². The fraction of sp³-hybridized carbons (Fsp3) is 0.0714. The summed E-state index contributed by atoms with van der Waals surface area (Å²) in [6, 6.07) is 9.97. The van der Waals surface area contributed by atoms with Gasteiger partial charge in [-0.05, 0) is 53.2 Å². The van der Waals surface area contributed by atoms with Gasteiger partial charge in [-0.25, -0.2) is 0 Å². The molecule has 98 valence electrons. The molecule has 1 amide bonds. The van der Waals surface area contributed by atoms with Crippen molar-refractivity contribution in [1.82, 2.24) is 0 Å². The first-order valence-corrected chi connectivity index (χ1v) is 6.71. The average molecular weight is 341 g/mol. The lowest BCUT2D eigenvalue weighted by atomic mass is 10.1. The molecule has 0 spiro atoms. The quantitative estimate of drug-likeness (QED) is 0.853. The lowest BCUT2D eigenvalue weighted by Gasteiger charge is -2.09. The van der Waals surface area contributed by atoms with Gasteiger partial charge in [0.25, 0.3) is 5.91 Å². The first kappa shape index (κ1) is 13.9. The van der Waals surface area contributed by atoms with E-state index in [2.05, 4.69) is 21.2 Å². The van der Waals surface area contributed by atoms with Crippen LogP contribution < -0.4 is 5.32 Å². The SMILES string of the molecule is Cc1c(O)cccc1C(=O)Nc1ccc(Cl)c(Br)c1. The highest BCUT2D eigenvalue weighted by molar-refractivity contribution is 9.10. The number of amides is 1. The second-order valence-corrected chi connectivity index (χ2v) is 5.29. The van der Waals surface area contributed by atoms with E-state index in [9.17, 15) is 9.90 Å². The van der Waals surface area contributed by atoms with Gasteiger partial charge in [-0.2, -0.15) is 0 Å². The van der Waals surface area contributed by atoms with Crippen LogP contribution in [0.1, 0.15) is 15.9 Å². The minimum atomic E-state index is -0.275. The van der Waals surface area contributed by atoms with Crippen LogP contribution in [0.25, 0.3) is 0 Å². The molecule has 0 atom stereocenters. The van der Waals surface area contributed by atoms with Gasteiger partial charge < -0.3 is 10.4 Å². The van der Waals surface area contributed by atoms with E-state index in [-0.39, 0.29) is 11.7 Å². The van der Waals surface area contributed by atoms with Gasteiger partial charge >= 0.3 is 0 Å². The summed E-state index contributed by atoms with van der Waals surface area (Å²) in [6.45, 7) is 1.70. The Morgan fingerprint density at radius 1 is 1.32 bits per heavy atom. The molecule has 0 fully saturated rings. The van der Waals surface area contributed by atoms with Crippen molar-refractivity contribution in [2.75, 3.05) is 5.32 Å². The van der Waals surface area contributed by atoms with Crippen LogP contribution in [0.3, 0.4) is 0 Å². The van der Waals surface area contributed by atoms with Crippen molar-refractivity contribution in [3.63, 3.8) is 0 Å². The van der Waals surface area contributed by atoms with Crippen LogP contribution in [-0.2, 0) is 0 Å². The number of anilines is 1. The van der Waals surface area contributed by atoms with Gasteiger partial charge in [-0.15, -0.1) is 0 Å². The van der Waals surface area contributed by atoms with Gasteiger partial charge in [-0.1, -0.05) is 17.7 Å². The molecule has 0 aliphatic rings. The Kier molecular flexibility index (Phi) is 4.12. The number of carbonyl (C=O) groups excluding carboxylic acids is 1. The van der Waals surface area contributed by atoms with Crippen LogP contribution in [0.4, 0.5) is 5.69 Å². The van der Waals surface area contributed by atoms with Gasteiger partial charge in [0.15, 0.2) is 0 Å². The van der Waals surface area contributed by atoms with E-state index in [0.29, 0.717) is 26.3 Å². The van der Waals surface area contributed by atoms with Gasteiger partial charge in [0, 0.05) is 21.3 Å². The molecule has 19 heavy (non-hydrogen) atoms. The van der Waals surface area contributed by atoms with E-state index in [4.69, 9.17) is 11.6 Å². The second-order valence-electron chi connectivity index (χ2n) is 4.03. The Morgan fingerprint density at radius 3 is 2.74 bits per heavy atom. The molecule has 0 aromatic heterocycles. The first-order chi connectivity index (χ1) is 8.99. The third-order valence-electron chi connectivity index (χ3n) is 2.73.